The lowest BCUT2D eigenvalue weighted by molar-refractivity contribution is -0.140. The fourth-order valence-electron chi connectivity index (χ4n) is 3.61. The van der Waals surface area contributed by atoms with E-state index in [1.54, 1.807) is 32.9 Å². The van der Waals surface area contributed by atoms with Gasteiger partial charge in [0, 0.05) is 19.0 Å². The molecule has 0 saturated carbocycles. The lowest BCUT2D eigenvalue weighted by Crippen LogP contribution is -2.58. The van der Waals surface area contributed by atoms with Gasteiger partial charge in [-0.05, 0) is 50.1 Å². The Balaban J connectivity index is 2.08. The molecule has 5 nitrogen and oxygen atoms in total. The van der Waals surface area contributed by atoms with Gasteiger partial charge in [0.15, 0.2) is 5.96 Å². The van der Waals surface area contributed by atoms with Crippen molar-refractivity contribution in [1.82, 2.24) is 4.90 Å². The Hall–Kier alpha value is -3.27. The largest absolute Gasteiger partial charge is 0.369 e. The molecule has 2 N–H and O–H groups in total. The number of nitriles is 1. The maximum atomic E-state index is 14.9. The van der Waals surface area contributed by atoms with E-state index in [2.05, 4.69) is 4.99 Å². The number of benzene rings is 2. The molecule has 0 bridgehead atoms. The van der Waals surface area contributed by atoms with Crippen LogP contribution in [-0.2, 0) is 16.8 Å². The molecule has 0 spiro atoms. The van der Waals surface area contributed by atoms with Crippen molar-refractivity contribution in [1.29, 1.82) is 5.26 Å². The van der Waals surface area contributed by atoms with E-state index in [1.165, 1.54) is 36.2 Å². The van der Waals surface area contributed by atoms with Crippen LogP contribution in [0.5, 0.6) is 0 Å². The van der Waals surface area contributed by atoms with Gasteiger partial charge in [-0.1, -0.05) is 18.2 Å². The summed E-state index contributed by atoms with van der Waals surface area (Å²) < 4.78 is 29.2. The number of nitrogens with zero attached hydrogens (tertiary/aromatic N) is 3. The van der Waals surface area contributed by atoms with Gasteiger partial charge >= 0.3 is 0 Å². The van der Waals surface area contributed by atoms with Crippen LogP contribution in [0.1, 0.15) is 43.0 Å². The highest BCUT2D eigenvalue weighted by atomic mass is 19.1. The van der Waals surface area contributed by atoms with Crippen molar-refractivity contribution in [3.8, 4) is 6.07 Å². The topological polar surface area (TPSA) is 82.5 Å². The monoisotopic (exact) mass is 396 g/mol. The average molecular weight is 396 g/mol. The molecular weight excluding hydrogens is 374 g/mol. The van der Waals surface area contributed by atoms with Gasteiger partial charge in [-0.2, -0.15) is 5.26 Å². The van der Waals surface area contributed by atoms with Gasteiger partial charge in [-0.15, -0.1) is 0 Å². The second-order valence-electron chi connectivity index (χ2n) is 7.94. The van der Waals surface area contributed by atoms with Crippen LogP contribution in [0, 0.1) is 28.4 Å². The van der Waals surface area contributed by atoms with Gasteiger partial charge in [-0.3, -0.25) is 9.69 Å². The minimum absolute atomic E-state index is 0.0137. The quantitative estimate of drug-likeness (QED) is 0.863. The van der Waals surface area contributed by atoms with Crippen molar-refractivity contribution < 1.29 is 13.6 Å². The molecule has 1 aliphatic heterocycles. The number of carbonyl (C=O) groups excluding carboxylic acids is 1. The molecule has 0 radical (unpaired) electrons. The molecule has 7 heteroatoms. The van der Waals surface area contributed by atoms with E-state index in [0.717, 1.165) is 0 Å². The van der Waals surface area contributed by atoms with E-state index >= 15 is 0 Å². The van der Waals surface area contributed by atoms with Gasteiger partial charge < -0.3 is 5.73 Å². The third kappa shape index (κ3) is 3.25. The Kier molecular flexibility index (Phi) is 4.91. The third-order valence-electron chi connectivity index (χ3n) is 5.87. The molecule has 0 saturated heterocycles. The highest BCUT2D eigenvalue weighted by Crippen LogP contribution is 2.47. The predicted octanol–water partition coefficient (Wildman–Crippen LogP) is 3.46. The zero-order valence-corrected chi connectivity index (χ0v) is 16.8. The molecule has 2 aromatic rings. The number of amides is 1. The summed E-state index contributed by atoms with van der Waals surface area (Å²) in [5, 5.41) is 8.88. The Morgan fingerprint density at radius 3 is 2.45 bits per heavy atom. The Morgan fingerprint density at radius 2 is 1.83 bits per heavy atom. The lowest BCUT2D eigenvalue weighted by Gasteiger charge is -2.46. The first-order chi connectivity index (χ1) is 13.5. The second kappa shape index (κ2) is 6.96. The minimum atomic E-state index is -1.23. The van der Waals surface area contributed by atoms with Gasteiger partial charge in [0.05, 0.1) is 17.0 Å². The average Bonchev–Trinajstić information content (AvgIpc) is 2.68. The van der Waals surface area contributed by atoms with Crippen molar-refractivity contribution in [3.05, 3.63) is 70.3 Å². The maximum Gasteiger partial charge on any atom is 0.237 e. The summed E-state index contributed by atoms with van der Waals surface area (Å²) in [6, 6.07) is 10.6. The molecule has 150 valence electrons. The highest BCUT2D eigenvalue weighted by molar-refractivity contribution is 6.01. The van der Waals surface area contributed by atoms with Crippen LogP contribution in [-0.4, -0.2) is 23.8 Å². The summed E-state index contributed by atoms with van der Waals surface area (Å²) in [6.45, 7) is 5.08. The van der Waals surface area contributed by atoms with Crippen molar-refractivity contribution in [2.24, 2.45) is 16.1 Å². The molecule has 1 atom stereocenters. The Labute approximate surface area is 168 Å². The van der Waals surface area contributed by atoms with Crippen LogP contribution in [0.2, 0.25) is 0 Å². The summed E-state index contributed by atoms with van der Waals surface area (Å²) in [4.78, 5) is 18.5. The first-order valence-corrected chi connectivity index (χ1v) is 9.12. The van der Waals surface area contributed by atoms with Crippen LogP contribution >= 0.6 is 0 Å². The number of aliphatic imine (C=N–C) groups is 1. The molecule has 1 heterocycles. The van der Waals surface area contributed by atoms with E-state index in [4.69, 9.17) is 11.0 Å². The molecule has 1 amide bonds. The summed E-state index contributed by atoms with van der Waals surface area (Å²) in [5.74, 6) is -1.27. The zero-order valence-electron chi connectivity index (χ0n) is 16.8. The Morgan fingerprint density at radius 1 is 1.14 bits per heavy atom. The van der Waals surface area contributed by atoms with E-state index in [0.29, 0.717) is 11.1 Å². The summed E-state index contributed by atoms with van der Waals surface area (Å²) >= 11 is 0. The maximum absolute atomic E-state index is 14.9. The zero-order chi connectivity index (χ0) is 21.6. The number of hydrogen-bond acceptors (Lipinski definition) is 4. The molecule has 0 unspecified atom stereocenters. The highest BCUT2D eigenvalue weighted by Gasteiger charge is 2.53. The van der Waals surface area contributed by atoms with Gasteiger partial charge in [0.1, 0.15) is 17.2 Å². The molecular formula is C22H22F2N4O. The fourth-order valence-corrected chi connectivity index (χ4v) is 3.61. The van der Waals surface area contributed by atoms with Crippen molar-refractivity contribution in [2.75, 3.05) is 7.05 Å². The Bertz CT molecular complexity index is 1070. The molecule has 29 heavy (non-hydrogen) atoms. The van der Waals surface area contributed by atoms with Crippen molar-refractivity contribution in [3.63, 3.8) is 0 Å². The molecule has 0 aliphatic carbocycles. The SMILES string of the molecule is CN1C(=O)C(C)(C)[C@@](C)(c2cc(Cc3ccc(C#N)cc3F)ccc2F)N=C1N. The normalized spacial score (nSPS) is 20.9. The van der Waals surface area contributed by atoms with Crippen LogP contribution in [0.4, 0.5) is 8.78 Å². The number of guanidine groups is 1. The van der Waals surface area contributed by atoms with Crippen LogP contribution in [0.25, 0.3) is 0 Å². The standard InChI is InChI=1S/C22H22F2N4O/c1-21(2)19(29)28(4)20(26)27-22(21,3)16-10-13(6-8-17(16)23)9-15-7-5-14(12-25)11-18(15)24/h5-8,10-11H,9H2,1-4H3,(H2,26,27)/t22-/m1/s1. The molecule has 0 aromatic heterocycles. The lowest BCUT2D eigenvalue weighted by atomic mass is 9.67. The van der Waals surface area contributed by atoms with Gasteiger partial charge in [0.2, 0.25) is 5.91 Å². The predicted molar refractivity (Wildman–Crippen MR) is 106 cm³/mol. The molecule has 3 rings (SSSR count). The minimum Gasteiger partial charge on any atom is -0.369 e. The van der Waals surface area contributed by atoms with E-state index in [9.17, 15) is 13.6 Å². The number of rotatable bonds is 3. The van der Waals surface area contributed by atoms with Gasteiger partial charge in [-0.25, -0.2) is 13.8 Å². The van der Waals surface area contributed by atoms with Crippen molar-refractivity contribution >= 4 is 11.9 Å². The first-order valence-electron chi connectivity index (χ1n) is 9.12. The van der Waals surface area contributed by atoms with Crippen LogP contribution in [0.3, 0.4) is 0 Å². The fraction of sp³-hybridized carbons (Fsp3) is 0.318. The number of halogens is 2. The smallest absolute Gasteiger partial charge is 0.237 e. The number of carbonyl (C=O) groups is 1. The summed E-state index contributed by atoms with van der Waals surface area (Å²) in [5.41, 5.74) is 5.12. The number of nitrogens with two attached hydrogens (primary N) is 1. The van der Waals surface area contributed by atoms with Crippen LogP contribution in [0.15, 0.2) is 41.4 Å². The molecule has 2 aromatic carbocycles. The van der Waals surface area contributed by atoms with Crippen LogP contribution < -0.4 is 5.73 Å². The molecule has 1 aliphatic rings. The summed E-state index contributed by atoms with van der Waals surface area (Å²) in [7, 11) is 1.53. The van der Waals surface area contributed by atoms with Crippen molar-refractivity contribution in [2.45, 2.75) is 32.7 Å². The number of hydrogen-bond donors (Lipinski definition) is 1. The van der Waals surface area contributed by atoms with E-state index in [1.807, 2.05) is 6.07 Å². The molecule has 0 fully saturated rings. The van der Waals surface area contributed by atoms with E-state index in [-0.39, 0.29) is 29.4 Å². The van der Waals surface area contributed by atoms with Gasteiger partial charge in [0.25, 0.3) is 0 Å². The summed E-state index contributed by atoms with van der Waals surface area (Å²) in [6.07, 6.45) is 0.203. The first kappa shape index (κ1) is 20.5. The van der Waals surface area contributed by atoms with E-state index < -0.39 is 22.6 Å². The third-order valence-corrected chi connectivity index (χ3v) is 5.87. The second-order valence-corrected chi connectivity index (χ2v) is 7.94.